The van der Waals surface area contributed by atoms with Crippen molar-refractivity contribution in [2.45, 2.75) is 25.8 Å². The van der Waals surface area contributed by atoms with Crippen LogP contribution in [0.2, 0.25) is 0 Å². The summed E-state index contributed by atoms with van der Waals surface area (Å²) in [4.78, 5) is 27.5. The molecular weight excluding hydrogens is 376 g/mol. The third kappa shape index (κ3) is 3.48. The molecular formula is C17H17BrN2O2S. The molecule has 2 aromatic rings. The first-order chi connectivity index (χ1) is 11.1. The molecule has 2 heterocycles. The van der Waals surface area contributed by atoms with Crippen LogP contribution in [-0.2, 0) is 4.79 Å². The number of benzene rings is 1. The fraction of sp³-hybridized carbons (Fsp3) is 0.294. The normalized spacial score (nSPS) is 17.3. The number of thiophene rings is 1. The summed E-state index contributed by atoms with van der Waals surface area (Å²) in [6.07, 6.45) is 1.56. The summed E-state index contributed by atoms with van der Waals surface area (Å²) in [5.41, 5.74) is 1.81. The predicted molar refractivity (Wildman–Crippen MR) is 95.9 cm³/mol. The molecule has 4 nitrogen and oxygen atoms in total. The molecule has 1 atom stereocenters. The highest BCUT2D eigenvalue weighted by Crippen LogP contribution is 2.25. The lowest BCUT2D eigenvalue weighted by molar-refractivity contribution is -0.119. The maximum Gasteiger partial charge on any atom is 0.264 e. The van der Waals surface area contributed by atoms with E-state index in [4.69, 9.17) is 0 Å². The van der Waals surface area contributed by atoms with E-state index in [2.05, 4.69) is 21.2 Å². The fourth-order valence-electron chi connectivity index (χ4n) is 2.77. The average molecular weight is 393 g/mol. The topological polar surface area (TPSA) is 49.4 Å². The van der Waals surface area contributed by atoms with Gasteiger partial charge < -0.3 is 10.2 Å². The van der Waals surface area contributed by atoms with Crippen LogP contribution in [-0.4, -0.2) is 29.3 Å². The number of nitrogens with one attached hydrogen (secondary N) is 1. The maximum absolute atomic E-state index is 12.6. The van der Waals surface area contributed by atoms with E-state index in [1.165, 1.54) is 11.3 Å². The Balaban J connectivity index is 1.73. The van der Waals surface area contributed by atoms with E-state index < -0.39 is 6.04 Å². The molecule has 0 bridgehead atoms. The number of anilines is 1. The van der Waals surface area contributed by atoms with Crippen LogP contribution in [0.1, 0.15) is 28.1 Å². The van der Waals surface area contributed by atoms with E-state index in [-0.39, 0.29) is 11.8 Å². The zero-order chi connectivity index (χ0) is 16.4. The van der Waals surface area contributed by atoms with Crippen molar-refractivity contribution in [1.82, 2.24) is 4.90 Å². The van der Waals surface area contributed by atoms with Gasteiger partial charge in [0.05, 0.1) is 4.88 Å². The first-order valence-corrected chi connectivity index (χ1v) is 9.15. The smallest absolute Gasteiger partial charge is 0.264 e. The van der Waals surface area contributed by atoms with Crippen molar-refractivity contribution in [3.63, 3.8) is 0 Å². The second kappa shape index (κ2) is 6.84. The van der Waals surface area contributed by atoms with Crippen LogP contribution >= 0.6 is 27.3 Å². The van der Waals surface area contributed by atoms with Crippen molar-refractivity contribution in [2.75, 3.05) is 11.9 Å². The van der Waals surface area contributed by atoms with Crippen LogP contribution in [0, 0.1) is 6.92 Å². The zero-order valence-electron chi connectivity index (χ0n) is 12.7. The van der Waals surface area contributed by atoms with Gasteiger partial charge in [0.2, 0.25) is 5.91 Å². The molecule has 0 spiro atoms. The van der Waals surface area contributed by atoms with Gasteiger partial charge in [0.15, 0.2) is 0 Å². The van der Waals surface area contributed by atoms with Crippen LogP contribution in [0.5, 0.6) is 0 Å². The Hall–Kier alpha value is -1.66. The van der Waals surface area contributed by atoms with Gasteiger partial charge in [-0.2, -0.15) is 0 Å². The number of hydrogen-bond acceptors (Lipinski definition) is 3. The molecule has 120 valence electrons. The average Bonchev–Trinajstić information content (AvgIpc) is 3.21. The zero-order valence-corrected chi connectivity index (χ0v) is 15.1. The van der Waals surface area contributed by atoms with Gasteiger partial charge in [0.1, 0.15) is 6.04 Å². The van der Waals surface area contributed by atoms with Crippen molar-refractivity contribution < 1.29 is 9.59 Å². The van der Waals surface area contributed by atoms with Crippen molar-refractivity contribution >= 4 is 44.8 Å². The number of hydrogen-bond donors (Lipinski definition) is 1. The summed E-state index contributed by atoms with van der Waals surface area (Å²) in [6, 6.07) is 8.95. The maximum atomic E-state index is 12.6. The van der Waals surface area contributed by atoms with Crippen LogP contribution in [0.25, 0.3) is 0 Å². The van der Waals surface area contributed by atoms with Gasteiger partial charge >= 0.3 is 0 Å². The second-order valence-electron chi connectivity index (χ2n) is 5.59. The lowest BCUT2D eigenvalue weighted by Gasteiger charge is -2.23. The Morgan fingerprint density at radius 1 is 1.35 bits per heavy atom. The first kappa shape index (κ1) is 16.2. The number of likely N-dealkylation sites (tertiary alicyclic amines) is 1. The summed E-state index contributed by atoms with van der Waals surface area (Å²) in [5.74, 6) is -0.168. The van der Waals surface area contributed by atoms with E-state index in [0.29, 0.717) is 17.8 Å². The Morgan fingerprint density at radius 3 is 2.87 bits per heavy atom. The van der Waals surface area contributed by atoms with Crippen molar-refractivity contribution in [3.8, 4) is 0 Å². The van der Waals surface area contributed by atoms with E-state index >= 15 is 0 Å². The molecule has 6 heteroatoms. The molecule has 1 unspecified atom stereocenters. The summed E-state index contributed by atoms with van der Waals surface area (Å²) in [7, 11) is 0. The third-order valence-corrected chi connectivity index (χ3v) is 5.72. The Morgan fingerprint density at radius 2 is 2.17 bits per heavy atom. The molecule has 1 aromatic heterocycles. The number of halogens is 1. The molecule has 0 aliphatic carbocycles. The highest BCUT2D eigenvalue weighted by atomic mass is 79.9. The van der Waals surface area contributed by atoms with Gasteiger partial charge in [0, 0.05) is 16.7 Å². The summed E-state index contributed by atoms with van der Waals surface area (Å²) in [6.45, 7) is 2.61. The lowest BCUT2D eigenvalue weighted by atomic mass is 10.1. The van der Waals surface area contributed by atoms with Crippen LogP contribution < -0.4 is 5.32 Å². The SMILES string of the molecule is Cc1cc(NC(=O)C2CCCN2C(=O)c2cccs2)ccc1Br. The quantitative estimate of drug-likeness (QED) is 0.855. The largest absolute Gasteiger partial charge is 0.326 e. The number of amides is 2. The van der Waals surface area contributed by atoms with Crippen molar-refractivity contribution in [3.05, 3.63) is 50.6 Å². The van der Waals surface area contributed by atoms with Gasteiger partial charge in [-0.1, -0.05) is 22.0 Å². The predicted octanol–water partition coefficient (Wildman–Crippen LogP) is 4.06. The molecule has 3 rings (SSSR count). The van der Waals surface area contributed by atoms with Gasteiger partial charge in [-0.3, -0.25) is 9.59 Å². The minimum Gasteiger partial charge on any atom is -0.326 e. The Labute approximate surface area is 147 Å². The molecule has 0 radical (unpaired) electrons. The molecule has 1 N–H and O–H groups in total. The van der Waals surface area contributed by atoms with Gasteiger partial charge in [-0.15, -0.1) is 11.3 Å². The van der Waals surface area contributed by atoms with Crippen LogP contribution in [0.3, 0.4) is 0 Å². The van der Waals surface area contributed by atoms with E-state index in [1.807, 2.05) is 36.6 Å². The number of carbonyl (C=O) groups is 2. The number of aryl methyl sites for hydroxylation is 1. The number of nitrogens with zero attached hydrogens (tertiary/aromatic N) is 1. The highest BCUT2D eigenvalue weighted by molar-refractivity contribution is 9.10. The number of carbonyl (C=O) groups excluding carboxylic acids is 2. The van der Waals surface area contributed by atoms with E-state index in [1.54, 1.807) is 11.0 Å². The molecule has 2 amide bonds. The molecule has 1 fully saturated rings. The van der Waals surface area contributed by atoms with E-state index in [0.717, 1.165) is 22.1 Å². The minimum atomic E-state index is -0.395. The standard InChI is InChI=1S/C17H17BrN2O2S/c1-11-10-12(6-7-13(11)18)19-16(21)14-4-2-8-20(14)17(22)15-5-3-9-23-15/h3,5-7,9-10,14H,2,4,8H2,1H3,(H,19,21). The van der Waals surface area contributed by atoms with Gasteiger partial charge in [-0.05, 0) is 55.0 Å². The van der Waals surface area contributed by atoms with Crippen molar-refractivity contribution in [2.24, 2.45) is 0 Å². The molecule has 1 aliphatic heterocycles. The van der Waals surface area contributed by atoms with Crippen LogP contribution in [0.4, 0.5) is 5.69 Å². The second-order valence-corrected chi connectivity index (χ2v) is 7.39. The summed E-state index contributed by atoms with van der Waals surface area (Å²) < 4.78 is 1.01. The van der Waals surface area contributed by atoms with Gasteiger partial charge in [0.25, 0.3) is 5.91 Å². The van der Waals surface area contributed by atoms with Crippen molar-refractivity contribution in [1.29, 1.82) is 0 Å². The fourth-order valence-corrected chi connectivity index (χ4v) is 3.70. The van der Waals surface area contributed by atoms with Gasteiger partial charge in [-0.25, -0.2) is 0 Å². The number of rotatable bonds is 3. The summed E-state index contributed by atoms with van der Waals surface area (Å²) in [5, 5.41) is 4.81. The van der Waals surface area contributed by atoms with E-state index in [9.17, 15) is 9.59 Å². The molecule has 0 saturated carbocycles. The van der Waals surface area contributed by atoms with Crippen LogP contribution in [0.15, 0.2) is 40.2 Å². The summed E-state index contributed by atoms with van der Waals surface area (Å²) >= 11 is 4.86. The Kier molecular flexibility index (Phi) is 4.82. The molecule has 1 aliphatic rings. The first-order valence-electron chi connectivity index (χ1n) is 7.48. The Bertz CT molecular complexity index is 730. The molecule has 1 aromatic carbocycles. The monoisotopic (exact) mass is 392 g/mol. The molecule has 23 heavy (non-hydrogen) atoms. The highest BCUT2D eigenvalue weighted by Gasteiger charge is 2.34. The lowest BCUT2D eigenvalue weighted by Crippen LogP contribution is -2.42. The molecule has 1 saturated heterocycles. The minimum absolute atomic E-state index is 0.0513. The third-order valence-electron chi connectivity index (χ3n) is 3.97.